The molecule has 2 aromatic heterocycles. The Morgan fingerprint density at radius 2 is 1.82 bits per heavy atom. The zero-order valence-corrected chi connectivity index (χ0v) is 12.2. The fraction of sp³-hybridized carbons (Fsp3) is 0.125. The van der Waals surface area contributed by atoms with E-state index in [1.165, 1.54) is 12.1 Å². The molecule has 110 valence electrons. The predicted molar refractivity (Wildman–Crippen MR) is 82.2 cm³/mol. The maximum absolute atomic E-state index is 10.8. The fourth-order valence-corrected chi connectivity index (χ4v) is 2.15. The van der Waals surface area contributed by atoms with Gasteiger partial charge in [-0.25, -0.2) is 9.78 Å². The zero-order chi connectivity index (χ0) is 15.7. The number of aryl methyl sites for hydroxylation is 2. The molecule has 0 aliphatic rings. The van der Waals surface area contributed by atoms with Gasteiger partial charge in [0.25, 0.3) is 0 Å². The molecule has 0 aliphatic carbocycles. The lowest BCUT2D eigenvalue weighted by atomic mass is 10.2. The molecule has 0 saturated heterocycles. The first kappa shape index (κ1) is 13.9. The maximum atomic E-state index is 10.8. The third-order valence-corrected chi connectivity index (χ3v) is 3.28. The van der Waals surface area contributed by atoms with Crippen LogP contribution in [0.1, 0.15) is 21.6 Å². The molecule has 0 radical (unpaired) electrons. The van der Waals surface area contributed by atoms with E-state index in [-0.39, 0.29) is 5.56 Å². The number of pyridine rings is 1. The number of fused-ring (bicyclic) bond motifs is 1. The highest BCUT2D eigenvalue weighted by Crippen LogP contribution is 2.24. The number of nitrogens with zero attached hydrogens (tertiary/aromatic N) is 4. The number of carboxylic acids is 1. The number of rotatable bonds is 3. The van der Waals surface area contributed by atoms with Gasteiger partial charge in [0.1, 0.15) is 5.65 Å². The summed E-state index contributed by atoms with van der Waals surface area (Å²) in [5.41, 5.74) is 3.52. The molecule has 3 aromatic rings. The summed E-state index contributed by atoms with van der Waals surface area (Å²) in [5, 5.41) is 17.3. The maximum Gasteiger partial charge on any atom is 0.335 e. The summed E-state index contributed by atoms with van der Waals surface area (Å²) < 4.78 is 1.89. The molecule has 6 nitrogen and oxygen atoms in total. The van der Waals surface area contributed by atoms with Crippen molar-refractivity contribution in [3.63, 3.8) is 0 Å². The molecular weight excluding hydrogens is 280 g/mol. The highest BCUT2D eigenvalue weighted by atomic mass is 16.4. The van der Waals surface area contributed by atoms with Crippen molar-refractivity contribution >= 4 is 23.1 Å². The lowest BCUT2D eigenvalue weighted by Gasteiger charge is -1.98. The minimum absolute atomic E-state index is 0.223. The number of carbonyl (C=O) groups is 1. The zero-order valence-electron chi connectivity index (χ0n) is 12.2. The summed E-state index contributed by atoms with van der Waals surface area (Å²) in [5.74, 6) is -0.294. The molecule has 0 atom stereocenters. The van der Waals surface area contributed by atoms with Gasteiger partial charge >= 0.3 is 5.97 Å². The number of azo groups is 1. The second-order valence-electron chi connectivity index (χ2n) is 5.01. The summed E-state index contributed by atoms with van der Waals surface area (Å²) in [6.45, 7) is 3.88. The van der Waals surface area contributed by atoms with Gasteiger partial charge in [0, 0.05) is 6.20 Å². The van der Waals surface area contributed by atoms with Crippen LogP contribution in [-0.2, 0) is 0 Å². The van der Waals surface area contributed by atoms with Crippen molar-refractivity contribution in [1.29, 1.82) is 0 Å². The standard InChI is InChI=1S/C16H14N4O2/c1-10-3-8-14-17-11(2)15(20(14)9-10)19-18-13-6-4-12(5-7-13)16(21)22/h3-9H,1-2H3,(H,21,22). The average molecular weight is 294 g/mol. The molecule has 0 aliphatic heterocycles. The van der Waals surface area contributed by atoms with Gasteiger partial charge in [-0.1, -0.05) is 6.07 Å². The van der Waals surface area contributed by atoms with Crippen molar-refractivity contribution in [2.24, 2.45) is 10.2 Å². The van der Waals surface area contributed by atoms with Crippen LogP contribution in [0.4, 0.5) is 11.5 Å². The molecule has 3 rings (SSSR count). The summed E-state index contributed by atoms with van der Waals surface area (Å²) in [6, 6.07) is 10.2. The van der Waals surface area contributed by atoms with Gasteiger partial charge in [-0.2, -0.15) is 0 Å². The van der Waals surface area contributed by atoms with Crippen molar-refractivity contribution in [2.45, 2.75) is 13.8 Å². The van der Waals surface area contributed by atoms with Crippen LogP contribution in [0.5, 0.6) is 0 Å². The van der Waals surface area contributed by atoms with Crippen LogP contribution < -0.4 is 0 Å². The highest BCUT2D eigenvalue weighted by Gasteiger charge is 2.08. The first-order chi connectivity index (χ1) is 10.5. The van der Waals surface area contributed by atoms with Crippen molar-refractivity contribution in [1.82, 2.24) is 9.38 Å². The molecule has 0 amide bonds. The Morgan fingerprint density at radius 1 is 1.09 bits per heavy atom. The van der Waals surface area contributed by atoms with Crippen molar-refractivity contribution in [2.75, 3.05) is 0 Å². The Bertz CT molecular complexity index is 879. The van der Waals surface area contributed by atoms with Crippen LogP contribution in [-0.4, -0.2) is 20.5 Å². The molecule has 1 N–H and O–H groups in total. The van der Waals surface area contributed by atoms with E-state index in [1.807, 2.05) is 36.6 Å². The Balaban J connectivity index is 1.96. The third kappa shape index (κ3) is 2.58. The van der Waals surface area contributed by atoms with Crippen LogP contribution in [0.3, 0.4) is 0 Å². The van der Waals surface area contributed by atoms with Crippen LogP contribution in [0.2, 0.25) is 0 Å². The van der Waals surface area contributed by atoms with Crippen LogP contribution in [0.15, 0.2) is 52.8 Å². The van der Waals surface area contributed by atoms with E-state index in [9.17, 15) is 4.79 Å². The Kier molecular flexibility index (Phi) is 3.42. The number of hydrogen-bond donors (Lipinski definition) is 1. The number of hydrogen-bond acceptors (Lipinski definition) is 4. The van der Waals surface area contributed by atoms with Crippen LogP contribution in [0.25, 0.3) is 5.65 Å². The molecule has 0 fully saturated rings. The summed E-state index contributed by atoms with van der Waals surface area (Å²) in [4.78, 5) is 15.2. The normalized spacial score (nSPS) is 11.4. The molecule has 0 spiro atoms. The van der Waals surface area contributed by atoms with Crippen LogP contribution in [0, 0.1) is 13.8 Å². The number of carboxylic acid groups (broad SMARTS) is 1. The first-order valence-corrected chi connectivity index (χ1v) is 6.75. The first-order valence-electron chi connectivity index (χ1n) is 6.75. The smallest absolute Gasteiger partial charge is 0.335 e. The molecule has 0 bridgehead atoms. The van der Waals surface area contributed by atoms with E-state index in [1.54, 1.807) is 12.1 Å². The van der Waals surface area contributed by atoms with E-state index in [2.05, 4.69) is 15.2 Å². The highest BCUT2D eigenvalue weighted by molar-refractivity contribution is 5.87. The second-order valence-corrected chi connectivity index (χ2v) is 5.01. The lowest BCUT2D eigenvalue weighted by Crippen LogP contribution is -1.93. The molecule has 0 unspecified atom stereocenters. The molecule has 6 heteroatoms. The molecule has 1 aromatic carbocycles. The molecule has 22 heavy (non-hydrogen) atoms. The van der Waals surface area contributed by atoms with E-state index in [4.69, 9.17) is 5.11 Å². The van der Waals surface area contributed by atoms with Gasteiger partial charge in [-0.15, -0.1) is 10.2 Å². The fourth-order valence-electron chi connectivity index (χ4n) is 2.15. The van der Waals surface area contributed by atoms with E-state index in [0.29, 0.717) is 11.5 Å². The van der Waals surface area contributed by atoms with Gasteiger partial charge in [0.15, 0.2) is 5.82 Å². The van der Waals surface area contributed by atoms with Gasteiger partial charge in [0.2, 0.25) is 0 Å². The lowest BCUT2D eigenvalue weighted by molar-refractivity contribution is 0.0697. The largest absolute Gasteiger partial charge is 0.478 e. The molecule has 2 heterocycles. The summed E-state index contributed by atoms with van der Waals surface area (Å²) in [6.07, 6.45) is 1.96. The Hall–Kier alpha value is -3.02. The monoisotopic (exact) mass is 294 g/mol. The molecule has 0 saturated carbocycles. The van der Waals surface area contributed by atoms with Crippen molar-refractivity contribution in [3.8, 4) is 0 Å². The minimum atomic E-state index is -0.961. The van der Waals surface area contributed by atoms with Crippen molar-refractivity contribution < 1.29 is 9.90 Å². The number of imidazole rings is 1. The second kappa shape index (κ2) is 5.40. The van der Waals surface area contributed by atoms with Gasteiger partial charge in [0.05, 0.1) is 16.9 Å². The predicted octanol–water partition coefficient (Wildman–Crippen LogP) is 4.06. The minimum Gasteiger partial charge on any atom is -0.478 e. The van der Waals surface area contributed by atoms with Crippen molar-refractivity contribution in [3.05, 3.63) is 59.4 Å². The average Bonchev–Trinajstić information content (AvgIpc) is 2.80. The summed E-state index contributed by atoms with van der Waals surface area (Å²) >= 11 is 0. The van der Waals surface area contributed by atoms with Gasteiger partial charge in [-0.05, 0) is 49.7 Å². The number of aromatic nitrogens is 2. The Morgan fingerprint density at radius 3 is 2.50 bits per heavy atom. The number of aromatic carboxylic acids is 1. The van der Waals surface area contributed by atoms with Gasteiger partial charge in [-0.3, -0.25) is 4.40 Å². The topological polar surface area (TPSA) is 79.3 Å². The Labute approximate surface area is 126 Å². The molecular formula is C16H14N4O2. The number of benzene rings is 1. The van der Waals surface area contributed by atoms with Crippen LogP contribution >= 0.6 is 0 Å². The third-order valence-electron chi connectivity index (χ3n) is 3.28. The summed E-state index contributed by atoms with van der Waals surface area (Å²) in [7, 11) is 0. The van der Waals surface area contributed by atoms with E-state index >= 15 is 0 Å². The van der Waals surface area contributed by atoms with E-state index in [0.717, 1.165) is 16.9 Å². The van der Waals surface area contributed by atoms with Gasteiger partial charge < -0.3 is 5.11 Å². The quantitative estimate of drug-likeness (QED) is 0.739. The SMILES string of the molecule is Cc1ccc2nc(C)c(N=Nc3ccc(C(=O)O)cc3)n2c1. The van der Waals surface area contributed by atoms with E-state index < -0.39 is 5.97 Å².